The zero-order valence-electron chi connectivity index (χ0n) is 16.0. The first-order valence-electron chi connectivity index (χ1n) is 8.47. The van der Waals surface area contributed by atoms with Crippen molar-refractivity contribution in [2.45, 2.75) is 19.6 Å². The van der Waals surface area contributed by atoms with Gasteiger partial charge in [0.2, 0.25) is 0 Å². The summed E-state index contributed by atoms with van der Waals surface area (Å²) in [6.45, 7) is 2.25. The molecule has 12 heteroatoms. The van der Waals surface area contributed by atoms with Gasteiger partial charge in [-0.1, -0.05) is 0 Å². The van der Waals surface area contributed by atoms with Crippen molar-refractivity contribution in [3.8, 4) is 5.69 Å². The highest BCUT2D eigenvalue weighted by Crippen LogP contribution is 2.18. The number of hydrogen-bond acceptors (Lipinski definition) is 5. The first-order chi connectivity index (χ1) is 14.0. The molecule has 0 bridgehead atoms. The van der Waals surface area contributed by atoms with Crippen LogP contribution in [0.4, 0.5) is 19.0 Å². The highest BCUT2D eigenvalue weighted by molar-refractivity contribution is 6.04. The van der Waals surface area contributed by atoms with Crippen molar-refractivity contribution in [3.63, 3.8) is 0 Å². The summed E-state index contributed by atoms with van der Waals surface area (Å²) >= 11 is 0. The van der Waals surface area contributed by atoms with E-state index in [1.807, 2.05) is 36.9 Å². The summed E-state index contributed by atoms with van der Waals surface area (Å²) in [5.41, 5.74) is 9.02. The van der Waals surface area contributed by atoms with E-state index in [2.05, 4.69) is 15.4 Å². The van der Waals surface area contributed by atoms with Gasteiger partial charge in [0, 0.05) is 48.5 Å². The lowest BCUT2D eigenvalue weighted by Gasteiger charge is -2.06. The number of anilines is 1. The third kappa shape index (κ3) is 5.44. The van der Waals surface area contributed by atoms with Crippen molar-refractivity contribution < 1.29 is 27.9 Å². The van der Waals surface area contributed by atoms with Gasteiger partial charge in [0.05, 0.1) is 6.33 Å². The molecule has 0 saturated heterocycles. The Balaban J connectivity index is 0.000000396. The summed E-state index contributed by atoms with van der Waals surface area (Å²) in [6, 6.07) is 7.26. The number of nitrogens with zero attached hydrogens (tertiary/aromatic N) is 4. The lowest BCUT2D eigenvalue weighted by Crippen LogP contribution is -2.21. The summed E-state index contributed by atoms with van der Waals surface area (Å²) in [5.74, 6) is -2.46. The van der Waals surface area contributed by atoms with Crippen molar-refractivity contribution in [3.05, 3.63) is 59.8 Å². The average molecular weight is 424 g/mol. The molecule has 1 aromatic carbocycles. The number of halogens is 3. The highest BCUT2D eigenvalue weighted by Gasteiger charge is 2.38. The molecule has 3 rings (SSSR count). The van der Waals surface area contributed by atoms with Gasteiger partial charge < -0.3 is 20.7 Å². The molecule has 0 spiro atoms. The van der Waals surface area contributed by atoms with Crippen LogP contribution in [-0.2, 0) is 18.4 Å². The molecule has 0 aliphatic carbocycles. The van der Waals surface area contributed by atoms with Gasteiger partial charge in [-0.05, 0) is 31.2 Å². The molecule has 0 unspecified atom stereocenters. The van der Waals surface area contributed by atoms with Gasteiger partial charge in [0.1, 0.15) is 0 Å². The Bertz CT molecular complexity index is 1010. The Morgan fingerprint density at radius 2 is 1.83 bits per heavy atom. The van der Waals surface area contributed by atoms with Crippen LogP contribution in [0.2, 0.25) is 0 Å². The second kappa shape index (κ2) is 9.22. The average Bonchev–Trinajstić information content (AvgIpc) is 3.31. The topological polar surface area (TPSA) is 128 Å². The standard InChI is InChI=1S/C16H18N6O.C2HF3O2/c1-11-14(9-17)15(20-21(11)2)19-16(23)12-3-5-13(6-4-12)22-8-7-18-10-22;3-2(4,5)1(6)7/h3-8,10H,9,17H2,1-2H3,(H,19,20,23);(H,6,7). The SMILES string of the molecule is Cc1c(CN)c(NC(=O)c2ccc(-n3ccnc3)cc2)nn1C.O=C(O)C(F)(F)F. The van der Waals surface area contributed by atoms with Crippen LogP contribution >= 0.6 is 0 Å². The van der Waals surface area contributed by atoms with Gasteiger partial charge in [0.25, 0.3) is 5.91 Å². The summed E-state index contributed by atoms with van der Waals surface area (Å²) in [6.07, 6.45) is 0.177. The van der Waals surface area contributed by atoms with Gasteiger partial charge in [-0.15, -0.1) is 0 Å². The number of carbonyl (C=O) groups is 2. The maximum absolute atomic E-state index is 12.4. The number of benzene rings is 1. The number of nitrogens with one attached hydrogen (secondary N) is 1. The Hall–Kier alpha value is -3.67. The summed E-state index contributed by atoms with van der Waals surface area (Å²) in [5, 5.41) is 14.2. The third-order valence-corrected chi connectivity index (χ3v) is 4.07. The number of alkyl halides is 3. The molecule has 2 heterocycles. The summed E-state index contributed by atoms with van der Waals surface area (Å²) < 4.78 is 35.3. The lowest BCUT2D eigenvalue weighted by atomic mass is 10.2. The predicted octanol–water partition coefficient (Wildman–Crippen LogP) is 2.26. The van der Waals surface area contributed by atoms with Crippen LogP contribution < -0.4 is 11.1 Å². The van der Waals surface area contributed by atoms with E-state index in [9.17, 15) is 18.0 Å². The molecule has 2 aromatic heterocycles. The van der Waals surface area contributed by atoms with Crippen LogP contribution in [0.25, 0.3) is 5.69 Å². The normalized spacial score (nSPS) is 10.9. The molecule has 0 radical (unpaired) electrons. The maximum atomic E-state index is 12.4. The molecule has 0 aliphatic heterocycles. The largest absolute Gasteiger partial charge is 0.490 e. The van der Waals surface area contributed by atoms with E-state index in [1.54, 1.807) is 29.3 Å². The van der Waals surface area contributed by atoms with E-state index >= 15 is 0 Å². The van der Waals surface area contributed by atoms with E-state index in [-0.39, 0.29) is 5.91 Å². The van der Waals surface area contributed by atoms with Crippen LogP contribution in [0.5, 0.6) is 0 Å². The number of imidazole rings is 1. The first-order valence-corrected chi connectivity index (χ1v) is 8.47. The van der Waals surface area contributed by atoms with Crippen LogP contribution in [0.3, 0.4) is 0 Å². The van der Waals surface area contributed by atoms with Crippen LogP contribution in [0.1, 0.15) is 21.6 Å². The Morgan fingerprint density at radius 1 is 1.23 bits per heavy atom. The molecular formula is C18H19F3N6O3. The summed E-state index contributed by atoms with van der Waals surface area (Å²) in [7, 11) is 1.82. The molecule has 0 aliphatic rings. The number of aromatic nitrogens is 4. The van der Waals surface area contributed by atoms with E-state index in [0.717, 1.165) is 16.9 Å². The van der Waals surface area contributed by atoms with Crippen molar-refractivity contribution in [1.29, 1.82) is 0 Å². The number of carboxylic acid groups (broad SMARTS) is 1. The number of carboxylic acids is 1. The maximum Gasteiger partial charge on any atom is 0.490 e. The number of amides is 1. The first kappa shape index (κ1) is 22.6. The smallest absolute Gasteiger partial charge is 0.475 e. The Morgan fingerprint density at radius 3 is 2.30 bits per heavy atom. The third-order valence-electron chi connectivity index (χ3n) is 4.07. The second-order valence-corrected chi connectivity index (χ2v) is 6.01. The van der Waals surface area contributed by atoms with Crippen molar-refractivity contribution in [1.82, 2.24) is 19.3 Å². The van der Waals surface area contributed by atoms with E-state index < -0.39 is 12.1 Å². The molecule has 160 valence electrons. The van der Waals surface area contributed by atoms with E-state index in [4.69, 9.17) is 15.6 Å². The lowest BCUT2D eigenvalue weighted by molar-refractivity contribution is -0.192. The van der Waals surface area contributed by atoms with Crippen LogP contribution in [0, 0.1) is 6.92 Å². The molecule has 9 nitrogen and oxygen atoms in total. The molecule has 1 amide bonds. The molecule has 0 saturated carbocycles. The molecule has 0 atom stereocenters. The van der Waals surface area contributed by atoms with Gasteiger partial charge in [0.15, 0.2) is 5.82 Å². The van der Waals surface area contributed by atoms with Crippen molar-refractivity contribution in [2.75, 3.05) is 5.32 Å². The van der Waals surface area contributed by atoms with Crippen LogP contribution in [-0.4, -0.2) is 42.5 Å². The fourth-order valence-electron chi connectivity index (χ4n) is 2.37. The van der Waals surface area contributed by atoms with Crippen LogP contribution in [0.15, 0.2) is 43.0 Å². The number of carbonyl (C=O) groups excluding carboxylic acids is 1. The van der Waals surface area contributed by atoms with E-state index in [1.165, 1.54) is 0 Å². The van der Waals surface area contributed by atoms with Gasteiger partial charge in [-0.3, -0.25) is 9.48 Å². The molecule has 4 N–H and O–H groups in total. The number of nitrogens with two attached hydrogens (primary N) is 1. The van der Waals surface area contributed by atoms with E-state index in [0.29, 0.717) is 17.9 Å². The number of hydrogen-bond donors (Lipinski definition) is 3. The minimum Gasteiger partial charge on any atom is -0.475 e. The fraction of sp³-hybridized carbons (Fsp3) is 0.222. The number of rotatable bonds is 4. The summed E-state index contributed by atoms with van der Waals surface area (Å²) in [4.78, 5) is 25.3. The highest BCUT2D eigenvalue weighted by atomic mass is 19.4. The van der Waals surface area contributed by atoms with Gasteiger partial charge in [-0.2, -0.15) is 18.3 Å². The van der Waals surface area contributed by atoms with Crippen molar-refractivity contribution in [2.24, 2.45) is 12.8 Å². The fourth-order valence-corrected chi connectivity index (χ4v) is 2.37. The number of aryl methyl sites for hydroxylation is 1. The quantitative estimate of drug-likeness (QED) is 0.589. The zero-order chi connectivity index (χ0) is 22.5. The minimum atomic E-state index is -5.08. The molecular weight excluding hydrogens is 405 g/mol. The zero-order valence-corrected chi connectivity index (χ0v) is 16.0. The Kier molecular flexibility index (Phi) is 6.95. The Labute approximate surface area is 168 Å². The number of aliphatic carboxylic acids is 1. The second-order valence-electron chi connectivity index (χ2n) is 6.01. The molecule has 30 heavy (non-hydrogen) atoms. The molecule has 0 fully saturated rings. The monoisotopic (exact) mass is 424 g/mol. The molecule has 3 aromatic rings. The minimum absolute atomic E-state index is 0.213. The van der Waals surface area contributed by atoms with Gasteiger partial charge in [-0.25, -0.2) is 9.78 Å². The predicted molar refractivity (Wildman–Crippen MR) is 101 cm³/mol. The van der Waals surface area contributed by atoms with Gasteiger partial charge >= 0.3 is 12.1 Å². The van der Waals surface area contributed by atoms with Crippen molar-refractivity contribution >= 4 is 17.7 Å².